The number of likely N-dealkylation sites (N-methyl/N-ethyl adjacent to an activating group) is 1. The van der Waals surface area contributed by atoms with Gasteiger partial charge in [-0.3, -0.25) is 4.79 Å². The van der Waals surface area contributed by atoms with Gasteiger partial charge < -0.3 is 15.1 Å². The monoisotopic (exact) mass is 301 g/mol. The van der Waals surface area contributed by atoms with E-state index in [1.807, 2.05) is 24.4 Å². The molecule has 22 heavy (non-hydrogen) atoms. The van der Waals surface area contributed by atoms with E-state index in [2.05, 4.69) is 10.4 Å². The maximum atomic E-state index is 12.5. The van der Waals surface area contributed by atoms with Crippen molar-refractivity contribution in [2.45, 2.75) is 18.9 Å². The molecule has 116 valence electrons. The average Bonchev–Trinajstić information content (AvgIpc) is 3.13. The Morgan fingerprint density at radius 2 is 2.18 bits per heavy atom. The first-order chi connectivity index (χ1) is 10.6. The van der Waals surface area contributed by atoms with Crippen LogP contribution in [0.2, 0.25) is 0 Å². The lowest BCUT2D eigenvalue weighted by atomic mass is 10.2. The Morgan fingerprint density at radius 1 is 1.36 bits per heavy atom. The molecule has 0 radical (unpaired) electrons. The minimum atomic E-state index is -0.378. The lowest BCUT2D eigenvalue weighted by molar-refractivity contribution is -0.132. The number of urea groups is 1. The quantitative estimate of drug-likeness (QED) is 0.912. The third kappa shape index (κ3) is 2.49. The predicted octanol–water partition coefficient (Wildman–Crippen LogP) is 1.42. The first kappa shape index (κ1) is 14.4. The van der Waals surface area contributed by atoms with Gasteiger partial charge in [0.05, 0.1) is 17.4 Å². The molecule has 7 nitrogen and oxygen atoms in total. The summed E-state index contributed by atoms with van der Waals surface area (Å²) in [5, 5.41) is 7.05. The molecule has 1 saturated heterocycles. The van der Waals surface area contributed by atoms with Gasteiger partial charge in [-0.2, -0.15) is 5.10 Å². The molecule has 2 aromatic rings. The zero-order chi connectivity index (χ0) is 15.7. The first-order valence-electron chi connectivity index (χ1n) is 7.29. The third-order valence-corrected chi connectivity index (χ3v) is 3.91. The summed E-state index contributed by atoms with van der Waals surface area (Å²) in [6.07, 6.45) is 4.98. The molecule has 1 aliphatic heterocycles. The molecule has 3 amide bonds. The second-order valence-electron chi connectivity index (χ2n) is 5.60. The number of hydrogen-bond donors (Lipinski definition) is 1. The van der Waals surface area contributed by atoms with Crippen molar-refractivity contribution in [2.24, 2.45) is 0 Å². The summed E-state index contributed by atoms with van der Waals surface area (Å²) in [7, 11) is 3.42. The predicted molar refractivity (Wildman–Crippen MR) is 82.6 cm³/mol. The van der Waals surface area contributed by atoms with Crippen LogP contribution in [0.4, 0.5) is 10.5 Å². The van der Waals surface area contributed by atoms with Gasteiger partial charge in [-0.15, -0.1) is 0 Å². The van der Waals surface area contributed by atoms with Crippen LogP contribution in [0, 0.1) is 0 Å². The van der Waals surface area contributed by atoms with E-state index >= 15 is 0 Å². The van der Waals surface area contributed by atoms with Crippen LogP contribution in [-0.4, -0.2) is 58.0 Å². The number of carbonyl (C=O) groups is 2. The number of carbonyl (C=O) groups excluding carboxylic acids is 2. The van der Waals surface area contributed by atoms with Crippen molar-refractivity contribution >= 4 is 23.1 Å². The lowest BCUT2D eigenvalue weighted by Gasteiger charge is -2.26. The molecule has 1 N–H and O–H groups in total. The number of fused-ring (bicyclic) bond motifs is 1. The van der Waals surface area contributed by atoms with Gasteiger partial charge in [-0.1, -0.05) is 6.07 Å². The van der Waals surface area contributed by atoms with E-state index in [-0.39, 0.29) is 18.0 Å². The number of rotatable bonds is 2. The van der Waals surface area contributed by atoms with E-state index in [1.54, 1.807) is 29.7 Å². The van der Waals surface area contributed by atoms with Gasteiger partial charge >= 0.3 is 6.03 Å². The summed E-state index contributed by atoms with van der Waals surface area (Å²) in [4.78, 5) is 27.8. The number of pyridine rings is 1. The number of likely N-dealkylation sites (tertiary alicyclic amines) is 1. The molecule has 0 saturated carbocycles. The minimum absolute atomic E-state index is 0.0347. The van der Waals surface area contributed by atoms with Gasteiger partial charge in [-0.25, -0.2) is 9.31 Å². The maximum absolute atomic E-state index is 12.5. The largest absolute Gasteiger partial charge is 0.347 e. The number of amides is 3. The summed E-state index contributed by atoms with van der Waals surface area (Å²) >= 11 is 0. The fraction of sp³-hybridized carbons (Fsp3) is 0.400. The summed E-state index contributed by atoms with van der Waals surface area (Å²) in [6.45, 7) is 0.593. The standard InChI is InChI=1S/C15H19N5O2/c1-18(2)14(21)13-7-5-8-19(13)15(22)17-11-10-16-20-9-4-3-6-12(11)20/h3-4,6,9-10,13H,5,7-8H2,1-2H3,(H,17,22). The number of nitrogens with zero attached hydrogens (tertiary/aromatic N) is 4. The molecule has 1 unspecified atom stereocenters. The van der Waals surface area contributed by atoms with Gasteiger partial charge in [0.2, 0.25) is 5.91 Å². The molecule has 1 fully saturated rings. The topological polar surface area (TPSA) is 70.0 Å². The van der Waals surface area contributed by atoms with Crippen molar-refractivity contribution in [1.29, 1.82) is 0 Å². The zero-order valence-corrected chi connectivity index (χ0v) is 12.7. The molecule has 1 aliphatic rings. The Morgan fingerprint density at radius 3 is 2.95 bits per heavy atom. The highest BCUT2D eigenvalue weighted by Gasteiger charge is 2.35. The molecule has 2 aromatic heterocycles. The van der Waals surface area contributed by atoms with E-state index in [4.69, 9.17) is 0 Å². The Balaban J connectivity index is 1.78. The highest BCUT2D eigenvalue weighted by Crippen LogP contribution is 2.22. The summed E-state index contributed by atoms with van der Waals surface area (Å²) in [5.41, 5.74) is 1.47. The van der Waals surface area contributed by atoms with Crippen LogP contribution in [0.1, 0.15) is 12.8 Å². The third-order valence-electron chi connectivity index (χ3n) is 3.91. The van der Waals surface area contributed by atoms with Gasteiger partial charge in [0.15, 0.2) is 0 Å². The van der Waals surface area contributed by atoms with Crippen LogP contribution >= 0.6 is 0 Å². The van der Waals surface area contributed by atoms with E-state index in [0.717, 1.165) is 11.9 Å². The number of aromatic nitrogens is 2. The summed E-state index contributed by atoms with van der Waals surface area (Å²) < 4.78 is 1.70. The fourth-order valence-corrected chi connectivity index (χ4v) is 2.78. The van der Waals surface area contributed by atoms with E-state index < -0.39 is 0 Å². The van der Waals surface area contributed by atoms with Crippen molar-refractivity contribution in [3.8, 4) is 0 Å². The number of hydrogen-bond acceptors (Lipinski definition) is 3. The number of nitrogens with one attached hydrogen (secondary N) is 1. The Hall–Kier alpha value is -2.57. The first-order valence-corrected chi connectivity index (χ1v) is 7.29. The van der Waals surface area contributed by atoms with Crippen LogP contribution < -0.4 is 5.32 Å². The van der Waals surface area contributed by atoms with E-state index in [1.165, 1.54) is 4.90 Å². The van der Waals surface area contributed by atoms with Crippen LogP contribution in [0.3, 0.4) is 0 Å². The molecule has 0 aromatic carbocycles. The molecule has 7 heteroatoms. The Kier molecular flexibility index (Phi) is 3.70. The molecule has 3 rings (SSSR count). The highest BCUT2D eigenvalue weighted by molar-refractivity contribution is 5.97. The van der Waals surface area contributed by atoms with Crippen molar-refractivity contribution in [3.63, 3.8) is 0 Å². The van der Waals surface area contributed by atoms with Crippen molar-refractivity contribution < 1.29 is 9.59 Å². The zero-order valence-electron chi connectivity index (χ0n) is 12.7. The molecule has 0 bridgehead atoms. The molecule has 0 aliphatic carbocycles. The lowest BCUT2D eigenvalue weighted by Crippen LogP contribution is -2.47. The Labute approximate surface area is 128 Å². The normalized spacial score (nSPS) is 17.7. The average molecular weight is 301 g/mol. The summed E-state index contributed by atoms with van der Waals surface area (Å²) in [6, 6.07) is 5.02. The second kappa shape index (κ2) is 5.67. The minimum Gasteiger partial charge on any atom is -0.347 e. The van der Waals surface area contributed by atoms with E-state index in [9.17, 15) is 9.59 Å². The Bertz CT molecular complexity index is 709. The van der Waals surface area contributed by atoms with Gasteiger partial charge in [0.1, 0.15) is 6.04 Å². The van der Waals surface area contributed by atoms with Crippen LogP contribution in [0.25, 0.3) is 5.52 Å². The number of anilines is 1. The summed E-state index contributed by atoms with van der Waals surface area (Å²) in [5.74, 6) is -0.0347. The van der Waals surface area contributed by atoms with Crippen LogP contribution in [0.5, 0.6) is 0 Å². The SMILES string of the molecule is CN(C)C(=O)C1CCCN1C(=O)Nc1cnn2ccccc12. The van der Waals surface area contributed by atoms with E-state index in [0.29, 0.717) is 18.7 Å². The smallest absolute Gasteiger partial charge is 0.322 e. The van der Waals surface area contributed by atoms with Gasteiger partial charge in [0.25, 0.3) is 0 Å². The van der Waals surface area contributed by atoms with Crippen molar-refractivity contribution in [2.75, 3.05) is 26.0 Å². The molecule has 0 spiro atoms. The molecular formula is C15H19N5O2. The second-order valence-corrected chi connectivity index (χ2v) is 5.60. The van der Waals surface area contributed by atoms with Crippen LogP contribution in [-0.2, 0) is 4.79 Å². The highest BCUT2D eigenvalue weighted by atomic mass is 16.2. The van der Waals surface area contributed by atoms with Crippen molar-refractivity contribution in [3.05, 3.63) is 30.6 Å². The molecule has 3 heterocycles. The molecular weight excluding hydrogens is 282 g/mol. The maximum Gasteiger partial charge on any atom is 0.322 e. The van der Waals surface area contributed by atoms with Crippen LogP contribution in [0.15, 0.2) is 30.6 Å². The fourth-order valence-electron chi connectivity index (χ4n) is 2.78. The molecule has 1 atom stereocenters. The van der Waals surface area contributed by atoms with Crippen molar-refractivity contribution in [1.82, 2.24) is 19.4 Å². The van der Waals surface area contributed by atoms with Gasteiger partial charge in [0, 0.05) is 26.8 Å². The van der Waals surface area contributed by atoms with Gasteiger partial charge in [-0.05, 0) is 25.0 Å².